The second-order valence-electron chi connectivity index (χ2n) is 6.64. The Labute approximate surface area is 181 Å². The predicted molar refractivity (Wildman–Crippen MR) is 115 cm³/mol. The van der Waals surface area contributed by atoms with E-state index < -0.39 is 11.9 Å². The van der Waals surface area contributed by atoms with Crippen LogP contribution < -0.4 is 9.47 Å². The standard InChI is InChI=1S/C25H24O6/c1-3-29-25(27)21-12-13-22(30-16-18-8-5-4-6-9-18)23(15-21)31-17-19-10-7-11-20(14-19)24(26)28-2/h4-15H,3,16-17H2,1-2H3. The molecule has 0 radical (unpaired) electrons. The Morgan fingerprint density at radius 2 is 1.39 bits per heavy atom. The van der Waals surface area contributed by atoms with Crippen molar-refractivity contribution in [1.29, 1.82) is 0 Å². The zero-order valence-electron chi connectivity index (χ0n) is 17.5. The summed E-state index contributed by atoms with van der Waals surface area (Å²) in [6.45, 7) is 2.56. The first-order chi connectivity index (χ1) is 15.1. The number of hydrogen-bond donors (Lipinski definition) is 0. The number of rotatable bonds is 9. The van der Waals surface area contributed by atoms with Crippen molar-refractivity contribution in [2.75, 3.05) is 13.7 Å². The van der Waals surface area contributed by atoms with Crippen LogP contribution in [0.15, 0.2) is 72.8 Å². The Bertz CT molecular complexity index is 1030. The van der Waals surface area contributed by atoms with Gasteiger partial charge in [0, 0.05) is 0 Å². The molecule has 0 spiro atoms. The molecule has 0 aliphatic heterocycles. The number of benzene rings is 3. The summed E-state index contributed by atoms with van der Waals surface area (Å²) in [5, 5.41) is 0. The topological polar surface area (TPSA) is 71.1 Å². The maximum atomic E-state index is 12.1. The van der Waals surface area contributed by atoms with Crippen molar-refractivity contribution in [3.63, 3.8) is 0 Å². The lowest BCUT2D eigenvalue weighted by Gasteiger charge is -2.14. The normalized spacial score (nSPS) is 10.3. The number of methoxy groups -OCH3 is 1. The van der Waals surface area contributed by atoms with Crippen LogP contribution in [0.5, 0.6) is 11.5 Å². The van der Waals surface area contributed by atoms with E-state index >= 15 is 0 Å². The highest BCUT2D eigenvalue weighted by Crippen LogP contribution is 2.30. The molecule has 0 atom stereocenters. The predicted octanol–water partition coefficient (Wildman–Crippen LogP) is 4.81. The van der Waals surface area contributed by atoms with Crippen molar-refractivity contribution in [1.82, 2.24) is 0 Å². The number of ether oxygens (including phenoxy) is 4. The van der Waals surface area contributed by atoms with Crippen molar-refractivity contribution >= 4 is 11.9 Å². The Morgan fingerprint density at radius 1 is 0.710 bits per heavy atom. The van der Waals surface area contributed by atoms with E-state index in [1.807, 2.05) is 36.4 Å². The van der Waals surface area contributed by atoms with E-state index in [9.17, 15) is 9.59 Å². The summed E-state index contributed by atoms with van der Waals surface area (Å²) in [5.41, 5.74) is 2.59. The van der Waals surface area contributed by atoms with E-state index in [0.717, 1.165) is 11.1 Å². The first-order valence-corrected chi connectivity index (χ1v) is 9.88. The van der Waals surface area contributed by atoms with E-state index in [-0.39, 0.29) is 13.2 Å². The molecule has 0 saturated carbocycles. The maximum Gasteiger partial charge on any atom is 0.338 e. The molecule has 0 aromatic heterocycles. The minimum atomic E-state index is -0.436. The van der Waals surface area contributed by atoms with E-state index in [1.165, 1.54) is 7.11 Å². The average molecular weight is 420 g/mol. The first kappa shape index (κ1) is 21.9. The van der Waals surface area contributed by atoms with Gasteiger partial charge in [-0.05, 0) is 48.4 Å². The molecule has 3 aromatic carbocycles. The fourth-order valence-corrected chi connectivity index (χ4v) is 2.88. The third-order valence-corrected chi connectivity index (χ3v) is 4.43. The van der Waals surface area contributed by atoms with Gasteiger partial charge in [-0.15, -0.1) is 0 Å². The first-order valence-electron chi connectivity index (χ1n) is 9.88. The molecular weight excluding hydrogens is 396 g/mol. The lowest BCUT2D eigenvalue weighted by Crippen LogP contribution is -2.07. The second kappa shape index (κ2) is 10.8. The van der Waals surface area contributed by atoms with Gasteiger partial charge in [-0.3, -0.25) is 0 Å². The van der Waals surface area contributed by atoms with Gasteiger partial charge in [0.25, 0.3) is 0 Å². The zero-order valence-corrected chi connectivity index (χ0v) is 17.5. The van der Waals surface area contributed by atoms with Gasteiger partial charge < -0.3 is 18.9 Å². The molecule has 3 aromatic rings. The number of hydrogen-bond acceptors (Lipinski definition) is 6. The summed E-state index contributed by atoms with van der Waals surface area (Å²) in [5.74, 6) is 0.0543. The zero-order chi connectivity index (χ0) is 22.1. The number of carbonyl (C=O) groups is 2. The summed E-state index contributed by atoms with van der Waals surface area (Å²) in [6.07, 6.45) is 0. The second-order valence-corrected chi connectivity index (χ2v) is 6.64. The quantitative estimate of drug-likeness (QED) is 0.463. The highest BCUT2D eigenvalue weighted by molar-refractivity contribution is 5.90. The van der Waals surface area contributed by atoms with E-state index in [1.54, 1.807) is 43.3 Å². The largest absolute Gasteiger partial charge is 0.485 e. The Morgan fingerprint density at radius 3 is 2.13 bits per heavy atom. The van der Waals surface area contributed by atoms with Gasteiger partial charge in [0.15, 0.2) is 11.5 Å². The molecule has 31 heavy (non-hydrogen) atoms. The fourth-order valence-electron chi connectivity index (χ4n) is 2.88. The van der Waals surface area contributed by atoms with Gasteiger partial charge in [0.2, 0.25) is 0 Å². The molecule has 0 unspecified atom stereocenters. The van der Waals surface area contributed by atoms with Crippen molar-refractivity contribution in [3.8, 4) is 11.5 Å². The highest BCUT2D eigenvalue weighted by atomic mass is 16.5. The third-order valence-electron chi connectivity index (χ3n) is 4.43. The molecule has 0 aliphatic rings. The van der Waals surface area contributed by atoms with Crippen LogP contribution in [-0.4, -0.2) is 25.7 Å². The Balaban J connectivity index is 1.80. The highest BCUT2D eigenvalue weighted by Gasteiger charge is 2.14. The van der Waals surface area contributed by atoms with Crippen LogP contribution in [-0.2, 0) is 22.7 Å². The molecule has 0 heterocycles. The molecule has 0 amide bonds. The average Bonchev–Trinajstić information content (AvgIpc) is 2.82. The van der Waals surface area contributed by atoms with E-state index in [0.29, 0.717) is 29.2 Å². The van der Waals surface area contributed by atoms with Gasteiger partial charge in [-0.2, -0.15) is 0 Å². The molecule has 0 N–H and O–H groups in total. The van der Waals surface area contributed by atoms with Crippen molar-refractivity contribution in [3.05, 3.63) is 95.1 Å². The summed E-state index contributed by atoms with van der Waals surface area (Å²) >= 11 is 0. The molecule has 0 aliphatic carbocycles. The number of esters is 2. The smallest absolute Gasteiger partial charge is 0.338 e. The minimum absolute atomic E-state index is 0.179. The fraction of sp³-hybridized carbons (Fsp3) is 0.200. The molecule has 160 valence electrons. The van der Waals surface area contributed by atoms with E-state index in [2.05, 4.69) is 0 Å². The van der Waals surface area contributed by atoms with Crippen molar-refractivity contribution in [2.24, 2.45) is 0 Å². The lowest BCUT2D eigenvalue weighted by molar-refractivity contribution is 0.0524. The van der Waals surface area contributed by atoms with Crippen LogP contribution in [0.3, 0.4) is 0 Å². The molecule has 0 bridgehead atoms. The number of carbonyl (C=O) groups excluding carboxylic acids is 2. The van der Waals surface area contributed by atoms with Gasteiger partial charge in [-0.1, -0.05) is 42.5 Å². The van der Waals surface area contributed by atoms with Crippen LogP contribution >= 0.6 is 0 Å². The third kappa shape index (κ3) is 6.09. The van der Waals surface area contributed by atoms with Crippen molar-refractivity contribution in [2.45, 2.75) is 20.1 Å². The monoisotopic (exact) mass is 420 g/mol. The maximum absolute atomic E-state index is 12.1. The van der Waals surface area contributed by atoms with Crippen LogP contribution in [0.4, 0.5) is 0 Å². The summed E-state index contributed by atoms with van der Waals surface area (Å²) in [7, 11) is 1.34. The summed E-state index contributed by atoms with van der Waals surface area (Å²) in [6, 6.07) is 21.6. The Hall–Kier alpha value is -3.80. The molecule has 6 heteroatoms. The Kier molecular flexibility index (Phi) is 7.65. The van der Waals surface area contributed by atoms with Crippen LogP contribution in [0.2, 0.25) is 0 Å². The summed E-state index contributed by atoms with van der Waals surface area (Å²) in [4.78, 5) is 23.9. The van der Waals surface area contributed by atoms with Gasteiger partial charge >= 0.3 is 11.9 Å². The molecule has 3 rings (SSSR count). The van der Waals surface area contributed by atoms with Crippen LogP contribution in [0.25, 0.3) is 0 Å². The SMILES string of the molecule is CCOC(=O)c1ccc(OCc2ccccc2)c(OCc2cccc(C(=O)OC)c2)c1. The van der Waals surface area contributed by atoms with Crippen LogP contribution in [0, 0.1) is 0 Å². The van der Waals surface area contributed by atoms with Crippen LogP contribution in [0.1, 0.15) is 38.8 Å². The molecule has 0 saturated heterocycles. The summed E-state index contributed by atoms with van der Waals surface area (Å²) < 4.78 is 21.7. The van der Waals surface area contributed by atoms with E-state index in [4.69, 9.17) is 18.9 Å². The molecule has 0 fully saturated rings. The van der Waals surface area contributed by atoms with Crippen molar-refractivity contribution < 1.29 is 28.5 Å². The van der Waals surface area contributed by atoms with Gasteiger partial charge in [0.05, 0.1) is 24.8 Å². The lowest BCUT2D eigenvalue weighted by atomic mass is 10.1. The van der Waals surface area contributed by atoms with Gasteiger partial charge in [-0.25, -0.2) is 9.59 Å². The minimum Gasteiger partial charge on any atom is -0.485 e. The molecule has 6 nitrogen and oxygen atoms in total. The molecular formula is C25H24O6. The van der Waals surface area contributed by atoms with Gasteiger partial charge in [0.1, 0.15) is 13.2 Å².